The second-order valence-corrected chi connectivity index (χ2v) is 16.4. The van der Waals surface area contributed by atoms with Gasteiger partial charge in [0.1, 0.15) is 47.4 Å². The Kier molecular flexibility index (Phi) is 15.3. The van der Waals surface area contributed by atoms with Gasteiger partial charge in [-0.25, -0.2) is 24.9 Å². The van der Waals surface area contributed by atoms with Crippen molar-refractivity contribution in [2.45, 2.75) is 92.4 Å². The highest BCUT2D eigenvalue weighted by atomic mass is 32.1. The minimum absolute atomic E-state index is 0.195. The van der Waals surface area contributed by atoms with Crippen LogP contribution in [0.3, 0.4) is 0 Å². The molecule has 0 fully saturated rings. The zero-order valence-electron chi connectivity index (χ0n) is 38.2. The van der Waals surface area contributed by atoms with Crippen LogP contribution in [0.1, 0.15) is 84.6 Å². The molecule has 0 saturated heterocycles. The Morgan fingerprint density at radius 2 is 1.12 bits per heavy atom. The Morgan fingerprint density at radius 3 is 1.56 bits per heavy atom. The van der Waals surface area contributed by atoms with Gasteiger partial charge in [-0.1, -0.05) is 87.1 Å². The zero-order valence-corrected chi connectivity index (χ0v) is 39.0. The number of hydrogen-bond acceptors (Lipinski definition) is 11. The van der Waals surface area contributed by atoms with Crippen molar-refractivity contribution in [1.82, 2.24) is 29.1 Å². The van der Waals surface area contributed by atoms with E-state index in [0.29, 0.717) is 37.8 Å². The van der Waals surface area contributed by atoms with Crippen molar-refractivity contribution < 1.29 is 9.47 Å². The fraction of sp³-hybridized carbons (Fsp3) is 0.302. The maximum absolute atomic E-state index is 6.35. The molecule has 13 heteroatoms. The van der Waals surface area contributed by atoms with E-state index >= 15 is 0 Å². The van der Waals surface area contributed by atoms with Crippen LogP contribution in [0.5, 0.6) is 11.5 Å². The van der Waals surface area contributed by atoms with Gasteiger partial charge in [-0.3, -0.25) is 0 Å². The highest BCUT2D eigenvalue weighted by Gasteiger charge is 2.21. The summed E-state index contributed by atoms with van der Waals surface area (Å²) in [7, 11) is 0. The molecule has 0 spiro atoms. The lowest BCUT2D eigenvalue weighted by Gasteiger charge is -2.16. The number of thiocarbonyl (C=S) groups is 1. The SMILES string of the molecule is C#CCOc1c(C)cc(Cn2c(CCCC)nc3c(N)nc4ccccc4c32)cc1CN.C#CCOc1c(C)cc(Cn2c(CCCC)nc3c(N)nc4ccccc4c32)cc1CN=C=S. The lowest BCUT2D eigenvalue weighted by atomic mass is 10.0. The molecule has 66 heavy (non-hydrogen) atoms. The zero-order chi connectivity index (χ0) is 46.7. The minimum atomic E-state index is 0.195. The molecule has 0 aliphatic carbocycles. The number of aromatic nitrogens is 6. The highest BCUT2D eigenvalue weighted by Crippen LogP contribution is 2.34. The van der Waals surface area contributed by atoms with E-state index < -0.39 is 0 Å². The second kappa shape index (κ2) is 21.6. The lowest BCUT2D eigenvalue weighted by Crippen LogP contribution is -2.09. The summed E-state index contributed by atoms with van der Waals surface area (Å²) in [5.74, 6) is 9.51. The average molecular weight is 897 g/mol. The predicted molar refractivity (Wildman–Crippen MR) is 272 cm³/mol. The summed E-state index contributed by atoms with van der Waals surface area (Å²) in [6, 6.07) is 24.6. The fourth-order valence-electron chi connectivity index (χ4n) is 8.63. The van der Waals surface area contributed by atoms with Gasteiger partial charge >= 0.3 is 0 Å². The first kappa shape index (κ1) is 46.7. The molecule has 0 atom stereocenters. The van der Waals surface area contributed by atoms with Gasteiger partial charge in [0, 0.05) is 54.4 Å². The molecule has 12 nitrogen and oxygen atoms in total. The summed E-state index contributed by atoms with van der Waals surface area (Å²) in [5.41, 5.74) is 30.1. The third kappa shape index (κ3) is 10.00. The normalized spacial score (nSPS) is 11.0. The van der Waals surface area contributed by atoms with Crippen molar-refractivity contribution in [3.8, 4) is 36.2 Å². The second-order valence-electron chi connectivity index (χ2n) is 16.3. The number of terminal acetylenes is 2. The van der Waals surface area contributed by atoms with Crippen LogP contribution in [-0.4, -0.2) is 47.4 Å². The van der Waals surface area contributed by atoms with Crippen LogP contribution in [0.25, 0.3) is 43.9 Å². The van der Waals surface area contributed by atoms with E-state index in [1.54, 1.807) is 0 Å². The standard InChI is InChI=1S/C27H27N5OS.C26H29N5O/c1-4-6-11-23-31-24-25(21-9-7-8-10-22(21)30-27(24)28)32(23)16-19-13-18(3)26(33-12-5-2)20(14-19)15-29-17-34;1-4-6-11-22-30-23-24(20-9-7-8-10-21(20)29-26(23)28)31(22)16-18-13-17(3)25(32-12-5-2)19(14-18)15-27/h2,7-10,13-14H,4,6,11-12,15-16H2,1,3H3,(H2,28,30);2,7-10,13-14H,4,6,11-12,15-16,27H2,1,3H3,(H2,28,29). The summed E-state index contributed by atoms with van der Waals surface area (Å²) in [4.78, 5) is 23.2. The monoisotopic (exact) mass is 896 g/mol. The number of fused-ring (bicyclic) bond motifs is 6. The molecule has 6 N–H and O–H groups in total. The van der Waals surface area contributed by atoms with Crippen LogP contribution in [0.2, 0.25) is 0 Å². The first-order valence-corrected chi connectivity index (χ1v) is 22.7. The number of pyridine rings is 2. The van der Waals surface area contributed by atoms with Crippen LogP contribution in [0, 0.1) is 38.5 Å². The predicted octanol–water partition coefficient (Wildman–Crippen LogP) is 9.82. The van der Waals surface area contributed by atoms with E-state index in [1.807, 2.05) is 50.2 Å². The fourth-order valence-corrected chi connectivity index (χ4v) is 8.70. The van der Waals surface area contributed by atoms with Crippen molar-refractivity contribution in [3.05, 3.63) is 118 Å². The van der Waals surface area contributed by atoms with Gasteiger partial charge in [0.05, 0.1) is 33.8 Å². The van der Waals surface area contributed by atoms with E-state index in [1.165, 1.54) is 0 Å². The van der Waals surface area contributed by atoms with Crippen LogP contribution < -0.4 is 26.7 Å². The number of hydrogen-bond donors (Lipinski definition) is 3. The van der Waals surface area contributed by atoms with Gasteiger partial charge in [0.15, 0.2) is 11.6 Å². The first-order chi connectivity index (χ1) is 32.1. The number of benzene rings is 4. The van der Waals surface area contributed by atoms with Crippen molar-refractivity contribution in [3.63, 3.8) is 0 Å². The summed E-state index contributed by atoms with van der Waals surface area (Å²) in [6.07, 6.45) is 16.8. The Hall–Kier alpha value is -7.28. The van der Waals surface area contributed by atoms with Gasteiger partial charge in [-0.05, 0) is 85.4 Å². The number of ether oxygens (including phenoxy) is 2. The number of isothiocyanates is 1. The molecule has 0 amide bonds. The topological polar surface area (TPSA) is 170 Å². The van der Waals surface area contributed by atoms with E-state index in [4.69, 9.17) is 61.7 Å². The number of para-hydroxylation sites is 2. The largest absolute Gasteiger partial charge is 0.480 e. The maximum Gasteiger partial charge on any atom is 0.152 e. The summed E-state index contributed by atoms with van der Waals surface area (Å²) >= 11 is 4.79. The molecule has 0 unspecified atom stereocenters. The molecule has 0 aliphatic rings. The molecule has 8 aromatic rings. The van der Waals surface area contributed by atoms with Crippen LogP contribution in [0.4, 0.5) is 11.6 Å². The van der Waals surface area contributed by atoms with E-state index in [-0.39, 0.29) is 13.2 Å². The summed E-state index contributed by atoms with van der Waals surface area (Å²) < 4.78 is 16.1. The van der Waals surface area contributed by atoms with E-state index in [0.717, 1.165) is 139 Å². The molecule has 8 rings (SSSR count). The van der Waals surface area contributed by atoms with Crippen molar-refractivity contribution in [1.29, 1.82) is 0 Å². The highest BCUT2D eigenvalue weighted by molar-refractivity contribution is 7.78. The molecule has 4 heterocycles. The Bertz CT molecular complexity index is 3190. The molecule has 0 radical (unpaired) electrons. The summed E-state index contributed by atoms with van der Waals surface area (Å²) in [6.45, 7) is 10.9. The number of imidazole rings is 2. The number of rotatable bonds is 17. The van der Waals surface area contributed by atoms with Gasteiger partial charge < -0.3 is 35.8 Å². The van der Waals surface area contributed by atoms with Crippen LogP contribution in [0.15, 0.2) is 77.8 Å². The first-order valence-electron chi connectivity index (χ1n) is 22.3. The van der Waals surface area contributed by atoms with Crippen LogP contribution in [-0.2, 0) is 39.0 Å². The number of nitrogens with two attached hydrogens (primary N) is 3. The number of nitrogens with zero attached hydrogens (tertiary/aromatic N) is 7. The number of nitrogen functional groups attached to an aromatic ring is 2. The van der Waals surface area contributed by atoms with E-state index in [2.05, 4.69) is 91.3 Å². The Morgan fingerprint density at radius 1 is 0.667 bits per heavy atom. The van der Waals surface area contributed by atoms with Gasteiger partial charge in [-0.2, -0.15) is 0 Å². The van der Waals surface area contributed by atoms with Crippen molar-refractivity contribution >= 4 is 72.9 Å². The van der Waals surface area contributed by atoms with Crippen molar-refractivity contribution in [2.24, 2.45) is 10.7 Å². The molecular formula is C53H56N10O2S. The minimum Gasteiger partial charge on any atom is -0.480 e. The third-order valence-electron chi connectivity index (χ3n) is 11.5. The average Bonchev–Trinajstić information content (AvgIpc) is 3.87. The summed E-state index contributed by atoms with van der Waals surface area (Å²) in [5, 5.41) is 4.54. The lowest BCUT2D eigenvalue weighted by molar-refractivity contribution is 0.363. The van der Waals surface area contributed by atoms with E-state index in [9.17, 15) is 0 Å². The van der Waals surface area contributed by atoms with Gasteiger partial charge in [0.25, 0.3) is 0 Å². The number of aliphatic imine (C=N–C) groups is 1. The molecule has 336 valence electrons. The van der Waals surface area contributed by atoms with Crippen molar-refractivity contribution in [2.75, 3.05) is 24.7 Å². The molecule has 0 bridgehead atoms. The third-order valence-corrected chi connectivity index (χ3v) is 11.7. The van der Waals surface area contributed by atoms with Gasteiger partial charge in [0.2, 0.25) is 0 Å². The van der Waals surface area contributed by atoms with Crippen LogP contribution >= 0.6 is 12.2 Å². The maximum atomic E-state index is 6.35. The molecular weight excluding hydrogens is 841 g/mol. The molecule has 4 aromatic heterocycles. The Labute approximate surface area is 391 Å². The Balaban J connectivity index is 0.000000197. The molecule has 4 aromatic carbocycles. The van der Waals surface area contributed by atoms with Gasteiger partial charge in [-0.15, -0.1) is 12.8 Å². The quantitative estimate of drug-likeness (QED) is 0.0454. The molecule has 0 aliphatic heterocycles. The smallest absolute Gasteiger partial charge is 0.152 e. The number of unbranched alkanes of at least 4 members (excludes halogenated alkanes) is 2. The number of anilines is 2. The number of aryl methyl sites for hydroxylation is 4. The molecule has 0 saturated carbocycles.